The van der Waals surface area contributed by atoms with E-state index >= 15 is 0 Å². The van der Waals surface area contributed by atoms with Crippen LogP contribution in [0.5, 0.6) is 0 Å². The highest BCUT2D eigenvalue weighted by Crippen LogP contribution is 2.23. The number of esters is 1. The van der Waals surface area contributed by atoms with Crippen molar-refractivity contribution in [2.45, 2.75) is 26.9 Å². The van der Waals surface area contributed by atoms with Gasteiger partial charge in [-0.15, -0.1) is 0 Å². The normalized spacial score (nSPS) is 32.4. The molecule has 3 nitrogen and oxygen atoms in total. The molecule has 3 atom stereocenters. The Morgan fingerprint density at radius 1 is 1.54 bits per heavy atom. The number of carbonyl (C=O) groups excluding carboxylic acids is 1. The van der Waals surface area contributed by atoms with E-state index in [4.69, 9.17) is 9.47 Å². The third kappa shape index (κ3) is 2.76. The molecule has 0 aromatic heterocycles. The van der Waals surface area contributed by atoms with E-state index in [1.807, 2.05) is 6.08 Å². The molecule has 3 heteroatoms. The first-order valence-electron chi connectivity index (χ1n) is 4.56. The lowest BCUT2D eigenvalue weighted by Gasteiger charge is -2.29. The van der Waals surface area contributed by atoms with Crippen molar-refractivity contribution in [3.05, 3.63) is 12.3 Å². The number of carbonyl (C=O) groups is 1. The zero-order chi connectivity index (χ0) is 9.84. The second-order valence-corrected chi connectivity index (χ2v) is 3.52. The van der Waals surface area contributed by atoms with Gasteiger partial charge in [0.1, 0.15) is 12.7 Å². The lowest BCUT2D eigenvalue weighted by molar-refractivity contribution is -0.145. The number of rotatable bonds is 2. The molecule has 0 N–H and O–H groups in total. The van der Waals surface area contributed by atoms with Gasteiger partial charge in [0, 0.05) is 12.8 Å². The third-order valence-corrected chi connectivity index (χ3v) is 2.50. The summed E-state index contributed by atoms with van der Waals surface area (Å²) in [6.07, 6.45) is 3.72. The minimum absolute atomic E-state index is 0.00361. The molecule has 1 rings (SSSR count). The van der Waals surface area contributed by atoms with Crippen LogP contribution >= 0.6 is 0 Å². The SMILES string of the molecule is CC(=O)OCC1OC=C[C@@H](C)[C@@H]1C. The van der Waals surface area contributed by atoms with Gasteiger partial charge in [-0.1, -0.05) is 13.8 Å². The first-order chi connectivity index (χ1) is 6.11. The van der Waals surface area contributed by atoms with Crippen LogP contribution < -0.4 is 0 Å². The number of hydrogen-bond acceptors (Lipinski definition) is 3. The molecule has 0 saturated heterocycles. The highest BCUT2D eigenvalue weighted by molar-refractivity contribution is 5.65. The third-order valence-electron chi connectivity index (χ3n) is 2.50. The first kappa shape index (κ1) is 10.1. The zero-order valence-corrected chi connectivity index (χ0v) is 8.32. The van der Waals surface area contributed by atoms with E-state index in [1.165, 1.54) is 6.92 Å². The van der Waals surface area contributed by atoms with Crippen molar-refractivity contribution in [1.29, 1.82) is 0 Å². The van der Waals surface area contributed by atoms with Gasteiger partial charge < -0.3 is 9.47 Å². The largest absolute Gasteiger partial charge is 0.494 e. The second kappa shape index (κ2) is 4.30. The van der Waals surface area contributed by atoms with E-state index < -0.39 is 0 Å². The summed E-state index contributed by atoms with van der Waals surface area (Å²) in [7, 11) is 0. The Morgan fingerprint density at radius 3 is 2.85 bits per heavy atom. The van der Waals surface area contributed by atoms with Gasteiger partial charge in [0.2, 0.25) is 0 Å². The topological polar surface area (TPSA) is 35.5 Å². The Labute approximate surface area is 78.7 Å². The van der Waals surface area contributed by atoms with Crippen molar-refractivity contribution in [3.8, 4) is 0 Å². The summed E-state index contributed by atoms with van der Waals surface area (Å²) in [5.41, 5.74) is 0. The summed E-state index contributed by atoms with van der Waals surface area (Å²) < 4.78 is 10.3. The summed E-state index contributed by atoms with van der Waals surface area (Å²) in [6.45, 7) is 5.99. The number of allylic oxidation sites excluding steroid dienone is 1. The molecule has 0 radical (unpaired) electrons. The standard InChI is InChI=1S/C10H16O3/c1-7-4-5-12-10(8(7)2)6-13-9(3)11/h4-5,7-8,10H,6H2,1-3H3/t7-,8+,10?/m1/s1. The predicted molar refractivity (Wildman–Crippen MR) is 49.0 cm³/mol. The molecule has 1 unspecified atom stereocenters. The molecule has 0 aromatic carbocycles. The van der Waals surface area contributed by atoms with Crippen LogP contribution in [0.25, 0.3) is 0 Å². The molecule has 1 aliphatic heterocycles. The predicted octanol–water partition coefficient (Wildman–Crippen LogP) is 1.73. The molecule has 1 aliphatic rings. The van der Waals surface area contributed by atoms with Gasteiger partial charge in [-0.3, -0.25) is 4.79 Å². The fourth-order valence-corrected chi connectivity index (χ4v) is 1.30. The summed E-state index contributed by atoms with van der Waals surface area (Å²) in [4.78, 5) is 10.6. The van der Waals surface area contributed by atoms with Gasteiger partial charge in [-0.2, -0.15) is 0 Å². The minimum Gasteiger partial charge on any atom is -0.494 e. The van der Waals surface area contributed by atoms with Crippen LogP contribution in [0.4, 0.5) is 0 Å². The highest BCUT2D eigenvalue weighted by Gasteiger charge is 2.26. The lowest BCUT2D eigenvalue weighted by atomic mass is 9.89. The van der Waals surface area contributed by atoms with Crippen molar-refractivity contribution in [2.24, 2.45) is 11.8 Å². The van der Waals surface area contributed by atoms with Gasteiger partial charge in [-0.25, -0.2) is 0 Å². The monoisotopic (exact) mass is 184 g/mol. The molecule has 0 spiro atoms. The number of hydrogen-bond donors (Lipinski definition) is 0. The maximum Gasteiger partial charge on any atom is 0.302 e. The van der Waals surface area contributed by atoms with Crippen molar-refractivity contribution in [3.63, 3.8) is 0 Å². The Balaban J connectivity index is 2.42. The van der Waals surface area contributed by atoms with Crippen molar-refractivity contribution >= 4 is 5.97 Å². The van der Waals surface area contributed by atoms with E-state index in [2.05, 4.69) is 13.8 Å². The van der Waals surface area contributed by atoms with Crippen LogP contribution in [-0.2, 0) is 14.3 Å². The molecular formula is C10H16O3. The molecule has 0 bridgehead atoms. The van der Waals surface area contributed by atoms with E-state index in [9.17, 15) is 4.79 Å². The van der Waals surface area contributed by atoms with Gasteiger partial charge in [0.25, 0.3) is 0 Å². The fraction of sp³-hybridized carbons (Fsp3) is 0.700. The molecule has 0 aliphatic carbocycles. The number of ether oxygens (including phenoxy) is 2. The minimum atomic E-state index is -0.252. The van der Waals surface area contributed by atoms with Gasteiger partial charge in [0.05, 0.1) is 6.26 Å². The average molecular weight is 184 g/mol. The molecule has 0 aromatic rings. The summed E-state index contributed by atoms with van der Waals surface area (Å²) in [6, 6.07) is 0. The Hall–Kier alpha value is -0.990. The molecule has 1 heterocycles. The molecule has 0 saturated carbocycles. The van der Waals surface area contributed by atoms with E-state index in [-0.39, 0.29) is 12.1 Å². The highest BCUT2D eigenvalue weighted by atomic mass is 16.6. The van der Waals surface area contributed by atoms with Crippen molar-refractivity contribution in [1.82, 2.24) is 0 Å². The molecular weight excluding hydrogens is 168 g/mol. The second-order valence-electron chi connectivity index (χ2n) is 3.52. The fourth-order valence-electron chi connectivity index (χ4n) is 1.30. The van der Waals surface area contributed by atoms with E-state index in [0.717, 1.165) is 0 Å². The van der Waals surface area contributed by atoms with Crippen LogP contribution in [0.2, 0.25) is 0 Å². The van der Waals surface area contributed by atoms with Gasteiger partial charge in [0.15, 0.2) is 0 Å². The van der Waals surface area contributed by atoms with Gasteiger partial charge in [-0.05, 0) is 12.0 Å². The Morgan fingerprint density at radius 2 is 2.23 bits per heavy atom. The summed E-state index contributed by atoms with van der Waals surface area (Å²) >= 11 is 0. The average Bonchev–Trinajstić information content (AvgIpc) is 2.07. The smallest absolute Gasteiger partial charge is 0.302 e. The van der Waals surface area contributed by atoms with Crippen molar-refractivity contribution in [2.75, 3.05) is 6.61 Å². The van der Waals surface area contributed by atoms with E-state index in [1.54, 1.807) is 6.26 Å². The van der Waals surface area contributed by atoms with Crippen LogP contribution in [0.15, 0.2) is 12.3 Å². The van der Waals surface area contributed by atoms with Crippen molar-refractivity contribution < 1.29 is 14.3 Å². The quantitative estimate of drug-likeness (QED) is 0.613. The van der Waals surface area contributed by atoms with Crippen LogP contribution in [-0.4, -0.2) is 18.7 Å². The Bertz CT molecular complexity index is 210. The lowest BCUT2D eigenvalue weighted by Crippen LogP contribution is -2.32. The van der Waals surface area contributed by atoms with Crippen LogP contribution in [0.1, 0.15) is 20.8 Å². The van der Waals surface area contributed by atoms with E-state index in [0.29, 0.717) is 18.4 Å². The maximum atomic E-state index is 10.6. The van der Waals surface area contributed by atoms with Crippen LogP contribution in [0.3, 0.4) is 0 Å². The molecule has 13 heavy (non-hydrogen) atoms. The maximum absolute atomic E-state index is 10.6. The molecule has 0 fully saturated rings. The zero-order valence-electron chi connectivity index (χ0n) is 8.32. The summed E-state index contributed by atoms with van der Waals surface area (Å²) in [5, 5.41) is 0. The molecule has 0 amide bonds. The first-order valence-corrected chi connectivity index (χ1v) is 4.56. The summed E-state index contributed by atoms with van der Waals surface area (Å²) in [5.74, 6) is 0.622. The van der Waals surface area contributed by atoms with Crippen LogP contribution in [0, 0.1) is 11.8 Å². The Kier molecular flexibility index (Phi) is 3.34. The van der Waals surface area contributed by atoms with Gasteiger partial charge >= 0.3 is 5.97 Å². The molecule has 74 valence electrons.